The predicted octanol–water partition coefficient (Wildman–Crippen LogP) is 1.57. The molecule has 2 rings (SSSR count). The molecular weight excluding hydrogens is 420 g/mol. The Morgan fingerprint density at radius 2 is 1.89 bits per heavy atom. The first-order valence-corrected chi connectivity index (χ1v) is 9.57. The highest BCUT2D eigenvalue weighted by Crippen LogP contribution is 2.36. The van der Waals surface area contributed by atoms with Crippen molar-refractivity contribution in [2.24, 2.45) is 0 Å². The average Bonchev–Trinajstić information content (AvgIpc) is 2.71. The van der Waals surface area contributed by atoms with Gasteiger partial charge in [-0.2, -0.15) is 4.31 Å². The third-order valence-corrected chi connectivity index (χ3v) is 8.57. The maximum Gasteiger partial charge on any atom is 0.252 e. The molecule has 1 saturated heterocycles. The first-order valence-electron chi connectivity index (χ1n) is 5.73. The molecule has 1 aromatic heterocycles. The van der Waals surface area contributed by atoms with E-state index >= 15 is 0 Å². The van der Waals surface area contributed by atoms with Crippen LogP contribution in [0.15, 0.2) is 18.5 Å². The normalized spacial score (nSPS) is 18.9. The van der Waals surface area contributed by atoms with Crippen molar-refractivity contribution in [2.45, 2.75) is 4.21 Å². The van der Waals surface area contributed by atoms with Gasteiger partial charge in [0.25, 0.3) is 10.0 Å². The molecule has 1 aromatic rings. The minimum Gasteiger partial charge on any atom is -0.395 e. The molecule has 1 N–H and O–H groups in total. The molecule has 0 aliphatic carbocycles. The quantitative estimate of drug-likeness (QED) is 0.782. The van der Waals surface area contributed by atoms with E-state index in [2.05, 4.69) is 36.8 Å². The Balaban J connectivity index is 2.09. The number of aliphatic hydroxyl groups is 1. The number of β-amino-alcohol motifs (C(OH)–C–C–N with tert-alkyl or cyclic N) is 1. The highest BCUT2D eigenvalue weighted by molar-refractivity contribution is 9.13. The van der Waals surface area contributed by atoms with E-state index in [1.807, 2.05) is 0 Å². The molecule has 0 amide bonds. The van der Waals surface area contributed by atoms with E-state index in [9.17, 15) is 8.42 Å². The van der Waals surface area contributed by atoms with Crippen LogP contribution in [0, 0.1) is 0 Å². The van der Waals surface area contributed by atoms with Gasteiger partial charge in [0.15, 0.2) is 0 Å². The first-order chi connectivity index (χ1) is 8.95. The Labute approximate surface area is 133 Å². The fourth-order valence-electron chi connectivity index (χ4n) is 1.92. The molecule has 1 fully saturated rings. The molecule has 0 spiro atoms. The summed E-state index contributed by atoms with van der Waals surface area (Å²) < 4.78 is 28.3. The number of halogens is 2. The third-order valence-electron chi connectivity index (χ3n) is 2.96. The van der Waals surface area contributed by atoms with Crippen LogP contribution in [0.3, 0.4) is 0 Å². The number of nitrogens with zero attached hydrogens (tertiary/aromatic N) is 2. The molecule has 2 heterocycles. The number of thiophene rings is 1. The Kier molecular flexibility index (Phi) is 5.43. The standard InChI is InChI=1S/C10H14Br2N2O3S2/c11-8-7-9(18-10(8)12)19(16,17)14-3-1-13(2-4-14)5-6-15/h7,15H,1-6H2. The SMILES string of the molecule is O=S(=O)(c1cc(Br)c(Br)s1)N1CCN(CCO)CC1. The number of aliphatic hydroxyl groups excluding tert-OH is 1. The van der Waals surface area contributed by atoms with E-state index < -0.39 is 10.0 Å². The fourth-order valence-corrected chi connectivity index (χ4v) is 6.31. The summed E-state index contributed by atoms with van der Waals surface area (Å²) in [6.45, 7) is 2.97. The lowest BCUT2D eigenvalue weighted by molar-refractivity contribution is 0.151. The third kappa shape index (κ3) is 3.58. The number of hydrogen-bond donors (Lipinski definition) is 1. The largest absolute Gasteiger partial charge is 0.395 e. The van der Waals surface area contributed by atoms with Crippen LogP contribution in [-0.2, 0) is 10.0 Å². The monoisotopic (exact) mass is 432 g/mol. The Morgan fingerprint density at radius 3 is 2.37 bits per heavy atom. The average molecular weight is 434 g/mol. The van der Waals surface area contributed by atoms with Gasteiger partial charge in [-0.25, -0.2) is 8.42 Å². The summed E-state index contributed by atoms with van der Waals surface area (Å²) in [7, 11) is -3.40. The molecule has 0 aromatic carbocycles. The van der Waals surface area contributed by atoms with Crippen LogP contribution in [0.5, 0.6) is 0 Å². The molecule has 1 aliphatic rings. The van der Waals surface area contributed by atoms with Crippen molar-refractivity contribution in [2.75, 3.05) is 39.3 Å². The van der Waals surface area contributed by atoms with Crippen molar-refractivity contribution in [3.63, 3.8) is 0 Å². The second-order valence-corrected chi connectivity index (χ2v) is 9.55. The zero-order valence-corrected chi connectivity index (χ0v) is 14.9. The van der Waals surface area contributed by atoms with Crippen molar-refractivity contribution < 1.29 is 13.5 Å². The van der Waals surface area contributed by atoms with Gasteiger partial charge in [0.1, 0.15) is 4.21 Å². The maximum absolute atomic E-state index is 12.4. The van der Waals surface area contributed by atoms with E-state index in [0.717, 1.165) is 8.26 Å². The molecule has 0 atom stereocenters. The van der Waals surface area contributed by atoms with Gasteiger partial charge in [0.05, 0.1) is 10.4 Å². The number of piperazine rings is 1. The highest BCUT2D eigenvalue weighted by atomic mass is 79.9. The molecule has 5 nitrogen and oxygen atoms in total. The Bertz CT molecular complexity index is 519. The van der Waals surface area contributed by atoms with Crippen LogP contribution < -0.4 is 0 Å². The van der Waals surface area contributed by atoms with E-state index in [1.165, 1.54) is 15.6 Å². The summed E-state index contributed by atoms with van der Waals surface area (Å²) in [5.74, 6) is 0. The molecule has 0 bridgehead atoms. The second-order valence-electron chi connectivity index (χ2n) is 4.16. The van der Waals surface area contributed by atoms with Gasteiger partial charge in [-0.05, 0) is 37.9 Å². The zero-order valence-electron chi connectivity index (χ0n) is 10.1. The molecule has 0 saturated carbocycles. The van der Waals surface area contributed by atoms with Crippen molar-refractivity contribution in [1.82, 2.24) is 9.21 Å². The summed E-state index contributed by atoms with van der Waals surface area (Å²) in [6, 6.07) is 1.63. The van der Waals surface area contributed by atoms with Crippen LogP contribution in [0.4, 0.5) is 0 Å². The van der Waals surface area contributed by atoms with E-state index in [4.69, 9.17) is 5.11 Å². The molecular formula is C10H14Br2N2O3S2. The lowest BCUT2D eigenvalue weighted by Gasteiger charge is -2.33. The van der Waals surface area contributed by atoms with Gasteiger partial charge in [-0.15, -0.1) is 11.3 Å². The van der Waals surface area contributed by atoms with Crippen molar-refractivity contribution >= 4 is 53.2 Å². The van der Waals surface area contributed by atoms with Crippen LogP contribution >= 0.6 is 43.2 Å². The van der Waals surface area contributed by atoms with E-state index in [0.29, 0.717) is 36.9 Å². The lowest BCUT2D eigenvalue weighted by Crippen LogP contribution is -2.49. The molecule has 0 radical (unpaired) electrons. The summed E-state index contributed by atoms with van der Waals surface area (Å²) >= 11 is 7.84. The Hall–Kier alpha value is 0.490. The van der Waals surface area contributed by atoms with Gasteiger partial charge in [0.2, 0.25) is 0 Å². The summed E-state index contributed by atoms with van der Waals surface area (Å²) in [5.41, 5.74) is 0. The summed E-state index contributed by atoms with van der Waals surface area (Å²) in [5, 5.41) is 8.87. The van der Waals surface area contributed by atoms with Crippen LogP contribution in [0.25, 0.3) is 0 Å². The van der Waals surface area contributed by atoms with Gasteiger partial charge < -0.3 is 5.11 Å². The minimum absolute atomic E-state index is 0.109. The lowest BCUT2D eigenvalue weighted by atomic mass is 10.4. The highest BCUT2D eigenvalue weighted by Gasteiger charge is 2.30. The van der Waals surface area contributed by atoms with Crippen molar-refractivity contribution in [1.29, 1.82) is 0 Å². The number of sulfonamides is 1. The second kappa shape index (κ2) is 6.50. The van der Waals surface area contributed by atoms with Crippen molar-refractivity contribution in [3.05, 3.63) is 14.3 Å². The number of hydrogen-bond acceptors (Lipinski definition) is 5. The van der Waals surface area contributed by atoms with Crippen LogP contribution in [0.2, 0.25) is 0 Å². The zero-order chi connectivity index (χ0) is 14.0. The summed E-state index contributed by atoms with van der Waals surface area (Å²) in [4.78, 5) is 2.06. The number of rotatable bonds is 4. The van der Waals surface area contributed by atoms with E-state index in [-0.39, 0.29) is 6.61 Å². The topological polar surface area (TPSA) is 60.9 Å². The smallest absolute Gasteiger partial charge is 0.252 e. The molecule has 108 valence electrons. The summed E-state index contributed by atoms with van der Waals surface area (Å²) in [6.07, 6.45) is 0. The maximum atomic E-state index is 12.4. The van der Waals surface area contributed by atoms with Gasteiger partial charge in [-0.1, -0.05) is 0 Å². The van der Waals surface area contributed by atoms with Gasteiger partial charge in [-0.3, -0.25) is 4.90 Å². The van der Waals surface area contributed by atoms with Crippen LogP contribution in [-0.4, -0.2) is 62.1 Å². The van der Waals surface area contributed by atoms with E-state index in [1.54, 1.807) is 6.07 Å². The predicted molar refractivity (Wildman–Crippen MR) is 82.0 cm³/mol. The van der Waals surface area contributed by atoms with Crippen molar-refractivity contribution in [3.8, 4) is 0 Å². The molecule has 9 heteroatoms. The first kappa shape index (κ1) is 15.9. The fraction of sp³-hybridized carbons (Fsp3) is 0.600. The minimum atomic E-state index is -3.40. The molecule has 19 heavy (non-hydrogen) atoms. The Morgan fingerprint density at radius 1 is 1.26 bits per heavy atom. The van der Waals surface area contributed by atoms with Crippen LogP contribution in [0.1, 0.15) is 0 Å². The van der Waals surface area contributed by atoms with Gasteiger partial charge in [0, 0.05) is 37.2 Å². The van der Waals surface area contributed by atoms with Gasteiger partial charge >= 0.3 is 0 Å². The molecule has 1 aliphatic heterocycles. The molecule has 0 unspecified atom stereocenters.